The molecule has 0 saturated heterocycles. The Labute approximate surface area is 347 Å². The number of hydrogen-bond donors (Lipinski definition) is 0. The van der Waals surface area contributed by atoms with E-state index >= 15 is 0 Å². The number of rotatable bonds is 6. The van der Waals surface area contributed by atoms with Crippen molar-refractivity contribution >= 4 is 70.1 Å². The van der Waals surface area contributed by atoms with Gasteiger partial charge >= 0.3 is 0 Å². The number of hydrogen-bond acceptors (Lipinski definition) is 2. The summed E-state index contributed by atoms with van der Waals surface area (Å²) in [4.78, 5) is 2.56. The van der Waals surface area contributed by atoms with Crippen molar-refractivity contribution in [3.63, 3.8) is 0 Å². The molecule has 0 aliphatic heterocycles. The number of benzene rings is 10. The highest BCUT2D eigenvalue weighted by Gasteiger charge is 2.45. The van der Waals surface area contributed by atoms with Crippen LogP contribution in [-0.2, 0) is 5.41 Å². The van der Waals surface area contributed by atoms with Crippen LogP contribution in [0.4, 0.5) is 17.1 Å². The molecule has 0 fully saturated rings. The maximum absolute atomic E-state index is 2.56. The summed E-state index contributed by atoms with van der Waals surface area (Å²) in [6.07, 6.45) is 0. The monoisotopic (exact) mass is 767 g/mol. The topological polar surface area (TPSA) is 3.24 Å². The lowest BCUT2D eigenvalue weighted by Crippen LogP contribution is -2.28. The second-order valence-corrected chi connectivity index (χ2v) is 16.6. The molecular formula is C57H37NS. The van der Waals surface area contributed by atoms with Gasteiger partial charge in [-0.05, 0) is 79.4 Å². The first kappa shape index (κ1) is 33.8. The number of thiophene rings is 1. The summed E-state index contributed by atoms with van der Waals surface area (Å²) in [5.41, 5.74) is 13.1. The van der Waals surface area contributed by atoms with Gasteiger partial charge in [0.2, 0.25) is 0 Å². The molecule has 0 atom stereocenters. The summed E-state index contributed by atoms with van der Waals surface area (Å²) < 4.78 is 2.56. The van der Waals surface area contributed by atoms with Crippen molar-refractivity contribution in [2.24, 2.45) is 0 Å². The molecule has 0 N–H and O–H groups in total. The molecule has 0 bridgehead atoms. The van der Waals surface area contributed by atoms with Gasteiger partial charge in [-0.25, -0.2) is 0 Å². The van der Waals surface area contributed by atoms with Crippen molar-refractivity contribution < 1.29 is 0 Å². The van der Waals surface area contributed by atoms with Gasteiger partial charge in [0.1, 0.15) is 0 Å². The summed E-state index contributed by atoms with van der Waals surface area (Å²) in [6.45, 7) is 0. The fourth-order valence-electron chi connectivity index (χ4n) is 10.1. The van der Waals surface area contributed by atoms with E-state index in [1.165, 1.54) is 97.6 Å². The summed E-state index contributed by atoms with van der Waals surface area (Å²) in [7, 11) is 0. The lowest BCUT2D eigenvalue weighted by Gasteiger charge is -2.35. The zero-order chi connectivity index (χ0) is 38.9. The van der Waals surface area contributed by atoms with Crippen molar-refractivity contribution in [1.29, 1.82) is 0 Å². The molecule has 59 heavy (non-hydrogen) atoms. The molecule has 1 nitrogen and oxygen atoms in total. The van der Waals surface area contributed by atoms with Crippen molar-refractivity contribution in [3.05, 3.63) is 247 Å². The number of fused-ring (bicyclic) bond motifs is 9. The molecule has 11 aromatic rings. The van der Waals surface area contributed by atoms with Crippen LogP contribution in [0, 0.1) is 0 Å². The Balaban J connectivity index is 1.18. The molecule has 1 heterocycles. The Hall–Kier alpha value is -7.26. The molecule has 1 aliphatic carbocycles. The molecular weight excluding hydrogens is 731 g/mol. The van der Waals surface area contributed by atoms with Crippen molar-refractivity contribution in [3.8, 4) is 22.3 Å². The molecule has 12 rings (SSSR count). The standard InChI is InChI=1S/C57H37NS/c1-3-18-38(19-4-1)54-47-27-9-7-22-42(47)43-23-8-10-28-48(43)55(54)58(52-32-17-29-49-46-26-13-16-33-53(46)59-56(49)52)41-36-34-40(35-37-41)57(39-20-5-2-6-21-39)50-30-14-11-24-44(50)45-25-12-15-31-51(45)57/h1-37H. The van der Waals surface area contributed by atoms with Crippen LogP contribution < -0.4 is 4.90 Å². The van der Waals surface area contributed by atoms with Crippen LogP contribution in [0.1, 0.15) is 22.3 Å². The third kappa shape index (κ3) is 4.97. The van der Waals surface area contributed by atoms with E-state index in [1.54, 1.807) is 0 Å². The lowest BCUT2D eigenvalue weighted by molar-refractivity contribution is 0.768. The van der Waals surface area contributed by atoms with Gasteiger partial charge < -0.3 is 4.90 Å². The number of anilines is 3. The lowest BCUT2D eigenvalue weighted by atomic mass is 9.67. The minimum Gasteiger partial charge on any atom is -0.308 e. The predicted octanol–water partition coefficient (Wildman–Crippen LogP) is 15.9. The molecule has 10 aromatic carbocycles. The molecule has 0 saturated carbocycles. The van der Waals surface area contributed by atoms with E-state index in [0.29, 0.717) is 0 Å². The van der Waals surface area contributed by atoms with Crippen molar-refractivity contribution in [1.82, 2.24) is 0 Å². The van der Waals surface area contributed by atoms with Crippen LogP contribution in [0.5, 0.6) is 0 Å². The Bertz CT molecular complexity index is 3330. The summed E-state index contributed by atoms with van der Waals surface area (Å²) in [6, 6.07) is 83.1. The van der Waals surface area contributed by atoms with E-state index in [9.17, 15) is 0 Å². The molecule has 0 amide bonds. The zero-order valence-corrected chi connectivity index (χ0v) is 33.0. The van der Waals surface area contributed by atoms with E-state index in [0.717, 1.165) is 5.69 Å². The molecule has 1 aromatic heterocycles. The zero-order valence-electron chi connectivity index (χ0n) is 32.2. The third-order valence-electron chi connectivity index (χ3n) is 12.5. The minimum absolute atomic E-state index is 0.478. The van der Waals surface area contributed by atoms with Crippen molar-refractivity contribution in [2.75, 3.05) is 4.90 Å². The summed E-state index contributed by atoms with van der Waals surface area (Å²) in [5, 5.41) is 7.51. The highest BCUT2D eigenvalue weighted by molar-refractivity contribution is 7.26. The van der Waals surface area contributed by atoms with E-state index in [1.807, 2.05) is 11.3 Å². The van der Waals surface area contributed by atoms with E-state index < -0.39 is 5.41 Å². The average Bonchev–Trinajstić information content (AvgIpc) is 3.85. The first-order valence-electron chi connectivity index (χ1n) is 20.4. The van der Waals surface area contributed by atoms with Gasteiger partial charge in [-0.15, -0.1) is 11.3 Å². The van der Waals surface area contributed by atoms with E-state index in [4.69, 9.17) is 0 Å². The highest BCUT2D eigenvalue weighted by atomic mass is 32.1. The van der Waals surface area contributed by atoms with Crippen LogP contribution in [0.2, 0.25) is 0 Å². The maximum Gasteiger partial charge on any atom is 0.0713 e. The largest absolute Gasteiger partial charge is 0.308 e. The first-order valence-corrected chi connectivity index (χ1v) is 21.2. The van der Waals surface area contributed by atoms with E-state index in [-0.39, 0.29) is 0 Å². The second kappa shape index (κ2) is 13.4. The Kier molecular flexibility index (Phi) is 7.69. The molecule has 2 heteroatoms. The van der Waals surface area contributed by atoms with Gasteiger partial charge in [0.05, 0.1) is 21.5 Å². The Morgan fingerprint density at radius 2 is 0.864 bits per heavy atom. The fraction of sp³-hybridized carbons (Fsp3) is 0.0175. The smallest absolute Gasteiger partial charge is 0.0713 e. The Morgan fingerprint density at radius 1 is 0.356 bits per heavy atom. The van der Waals surface area contributed by atoms with Crippen LogP contribution in [0.15, 0.2) is 224 Å². The normalized spacial score (nSPS) is 12.9. The van der Waals surface area contributed by atoms with Gasteiger partial charge in [-0.2, -0.15) is 0 Å². The molecule has 0 spiro atoms. The SMILES string of the molecule is c1ccc(-c2c(N(c3ccc(C4(c5ccccc5)c5ccccc5-c5ccccc54)cc3)c3cccc4c3sc3ccccc34)c3ccccc3c3ccccc23)cc1. The van der Waals surface area contributed by atoms with E-state index in [2.05, 4.69) is 229 Å². The quantitative estimate of drug-likeness (QED) is 0.152. The van der Waals surface area contributed by atoms with Crippen LogP contribution >= 0.6 is 11.3 Å². The van der Waals surface area contributed by atoms with Gasteiger partial charge in [0.25, 0.3) is 0 Å². The second-order valence-electron chi connectivity index (χ2n) is 15.5. The first-order chi connectivity index (χ1) is 29.3. The van der Waals surface area contributed by atoms with Gasteiger partial charge in [-0.1, -0.05) is 200 Å². The van der Waals surface area contributed by atoms with Crippen LogP contribution in [0.3, 0.4) is 0 Å². The predicted molar refractivity (Wildman–Crippen MR) is 252 cm³/mol. The molecule has 276 valence electrons. The highest BCUT2D eigenvalue weighted by Crippen LogP contribution is 2.57. The van der Waals surface area contributed by atoms with Crippen LogP contribution in [-0.4, -0.2) is 0 Å². The molecule has 1 aliphatic rings. The van der Waals surface area contributed by atoms with Gasteiger partial charge in [0, 0.05) is 32.1 Å². The van der Waals surface area contributed by atoms with Crippen molar-refractivity contribution in [2.45, 2.75) is 5.41 Å². The van der Waals surface area contributed by atoms with Gasteiger partial charge in [-0.3, -0.25) is 0 Å². The van der Waals surface area contributed by atoms with Gasteiger partial charge in [0.15, 0.2) is 0 Å². The average molecular weight is 768 g/mol. The molecule has 0 radical (unpaired) electrons. The maximum atomic E-state index is 2.56. The summed E-state index contributed by atoms with van der Waals surface area (Å²) in [5.74, 6) is 0. The fourth-order valence-corrected chi connectivity index (χ4v) is 11.3. The summed E-state index contributed by atoms with van der Waals surface area (Å²) >= 11 is 1.88. The Morgan fingerprint density at radius 3 is 1.56 bits per heavy atom. The van der Waals surface area contributed by atoms with Crippen LogP contribution in [0.25, 0.3) is 64.0 Å². The third-order valence-corrected chi connectivity index (χ3v) is 13.7. The number of nitrogens with zero attached hydrogens (tertiary/aromatic N) is 1. The minimum atomic E-state index is -0.478. The molecule has 0 unspecified atom stereocenters.